The molecule has 0 N–H and O–H groups in total. The number of nitrogens with zero attached hydrogens (tertiary/aromatic N) is 2. The summed E-state index contributed by atoms with van der Waals surface area (Å²) < 4.78 is 5.33. The van der Waals surface area contributed by atoms with Gasteiger partial charge in [0.1, 0.15) is 6.61 Å². The largest absolute Gasteiger partial charge is 0.459 e. The molecule has 0 atom stereocenters. The molecule has 0 aromatic carbocycles. The molecule has 0 spiro atoms. The predicted molar refractivity (Wildman–Crippen MR) is 87.0 cm³/mol. The zero-order valence-electron chi connectivity index (χ0n) is 12.7. The van der Waals surface area contributed by atoms with Crippen LogP contribution in [0.5, 0.6) is 0 Å². The average molecular weight is 330 g/mol. The van der Waals surface area contributed by atoms with Crippen molar-refractivity contribution in [1.82, 2.24) is 9.88 Å². The fourth-order valence-electron chi connectivity index (χ4n) is 2.62. The molecule has 1 aliphatic rings. The quantitative estimate of drug-likeness (QED) is 0.809. The van der Waals surface area contributed by atoms with Crippen LogP contribution in [0, 0.1) is 5.92 Å². The van der Waals surface area contributed by atoms with Gasteiger partial charge < -0.3 is 9.64 Å². The number of carbonyl (C=O) groups excluding carboxylic acids is 2. The van der Waals surface area contributed by atoms with E-state index in [1.165, 1.54) is 11.3 Å². The van der Waals surface area contributed by atoms with Gasteiger partial charge in [0.25, 0.3) is 5.91 Å². The molecule has 1 saturated heterocycles. The molecule has 0 radical (unpaired) electrons. The maximum absolute atomic E-state index is 12.3. The van der Waals surface area contributed by atoms with Crippen LogP contribution in [0.15, 0.2) is 41.9 Å². The van der Waals surface area contributed by atoms with Crippen LogP contribution < -0.4 is 0 Å². The van der Waals surface area contributed by atoms with Gasteiger partial charge in [-0.2, -0.15) is 0 Å². The molecule has 6 heteroatoms. The number of aromatic nitrogens is 1. The lowest BCUT2D eigenvalue weighted by atomic mass is 9.97. The molecular formula is C17H18N2O3S. The number of carbonyl (C=O) groups is 2. The number of amides is 1. The Kier molecular flexibility index (Phi) is 5.02. The summed E-state index contributed by atoms with van der Waals surface area (Å²) in [6, 6.07) is 9.23. The summed E-state index contributed by atoms with van der Waals surface area (Å²) in [6.45, 7) is 1.40. The van der Waals surface area contributed by atoms with Gasteiger partial charge in [0.05, 0.1) is 16.5 Å². The van der Waals surface area contributed by atoms with Gasteiger partial charge in [-0.05, 0) is 36.4 Å². The fourth-order valence-corrected chi connectivity index (χ4v) is 3.31. The Balaban J connectivity index is 1.47. The van der Waals surface area contributed by atoms with Gasteiger partial charge in [0.2, 0.25) is 0 Å². The van der Waals surface area contributed by atoms with E-state index in [-0.39, 0.29) is 24.4 Å². The van der Waals surface area contributed by atoms with Crippen LogP contribution in [0.4, 0.5) is 0 Å². The van der Waals surface area contributed by atoms with Gasteiger partial charge in [-0.3, -0.25) is 14.6 Å². The van der Waals surface area contributed by atoms with Crippen molar-refractivity contribution in [3.05, 3.63) is 52.5 Å². The van der Waals surface area contributed by atoms with Crippen molar-refractivity contribution < 1.29 is 14.3 Å². The summed E-state index contributed by atoms with van der Waals surface area (Å²) in [7, 11) is 0. The third kappa shape index (κ3) is 3.96. The second-order valence-electron chi connectivity index (χ2n) is 5.47. The molecule has 0 saturated carbocycles. The van der Waals surface area contributed by atoms with E-state index in [9.17, 15) is 9.59 Å². The Morgan fingerprint density at radius 1 is 1.22 bits per heavy atom. The number of ether oxygens (including phenoxy) is 1. The molecule has 2 aromatic rings. The highest BCUT2D eigenvalue weighted by atomic mass is 32.1. The van der Waals surface area contributed by atoms with Crippen molar-refractivity contribution in [3.63, 3.8) is 0 Å². The van der Waals surface area contributed by atoms with Gasteiger partial charge >= 0.3 is 5.97 Å². The lowest BCUT2D eigenvalue weighted by molar-refractivity contribution is -0.151. The Bertz CT molecular complexity index is 650. The number of piperidine rings is 1. The van der Waals surface area contributed by atoms with Crippen molar-refractivity contribution in [3.8, 4) is 0 Å². The number of likely N-dealkylation sites (tertiary alicyclic amines) is 1. The van der Waals surface area contributed by atoms with Crippen LogP contribution in [0.3, 0.4) is 0 Å². The summed E-state index contributed by atoms with van der Waals surface area (Å²) >= 11 is 1.45. The number of thiophene rings is 1. The summed E-state index contributed by atoms with van der Waals surface area (Å²) in [5.74, 6) is -0.273. The van der Waals surface area contributed by atoms with E-state index >= 15 is 0 Å². The minimum atomic E-state index is -0.195. The van der Waals surface area contributed by atoms with Crippen molar-refractivity contribution in [2.75, 3.05) is 13.1 Å². The lowest BCUT2D eigenvalue weighted by Crippen LogP contribution is -2.40. The van der Waals surface area contributed by atoms with E-state index in [4.69, 9.17) is 4.74 Å². The number of rotatable bonds is 4. The Morgan fingerprint density at radius 2 is 2.04 bits per heavy atom. The van der Waals surface area contributed by atoms with Crippen molar-refractivity contribution in [1.29, 1.82) is 0 Å². The predicted octanol–water partition coefficient (Wildman–Crippen LogP) is 2.74. The molecule has 0 bridgehead atoms. The maximum atomic E-state index is 12.3. The van der Waals surface area contributed by atoms with Gasteiger partial charge in [-0.15, -0.1) is 11.3 Å². The lowest BCUT2D eigenvalue weighted by Gasteiger charge is -2.30. The van der Waals surface area contributed by atoms with E-state index in [2.05, 4.69) is 4.98 Å². The first-order valence-corrected chi connectivity index (χ1v) is 8.51. The minimum absolute atomic E-state index is 0.0558. The van der Waals surface area contributed by atoms with Crippen LogP contribution in [0.25, 0.3) is 0 Å². The monoisotopic (exact) mass is 330 g/mol. The molecule has 0 unspecified atom stereocenters. The zero-order valence-corrected chi connectivity index (χ0v) is 13.5. The van der Waals surface area contributed by atoms with Gasteiger partial charge in [-0.25, -0.2) is 0 Å². The molecule has 120 valence electrons. The molecule has 5 nitrogen and oxygen atoms in total. The Hall–Kier alpha value is -2.21. The smallest absolute Gasteiger partial charge is 0.309 e. The topological polar surface area (TPSA) is 59.5 Å². The second-order valence-corrected chi connectivity index (χ2v) is 6.42. The van der Waals surface area contributed by atoms with E-state index in [0.29, 0.717) is 25.9 Å². The van der Waals surface area contributed by atoms with Gasteiger partial charge in [0.15, 0.2) is 0 Å². The first-order valence-electron chi connectivity index (χ1n) is 7.63. The molecule has 3 heterocycles. The highest BCUT2D eigenvalue weighted by Gasteiger charge is 2.29. The molecule has 1 aliphatic heterocycles. The first-order chi connectivity index (χ1) is 11.2. The Labute approximate surface area is 138 Å². The standard InChI is InChI=1S/C17H18N2O3S/c20-16(15-5-3-11-23-15)19-9-6-13(7-10-19)17(21)22-12-14-4-1-2-8-18-14/h1-5,8,11,13H,6-7,9-10,12H2. The summed E-state index contributed by atoms with van der Waals surface area (Å²) in [5, 5.41) is 1.90. The molecule has 1 amide bonds. The first kappa shape index (κ1) is 15.7. The number of hydrogen-bond donors (Lipinski definition) is 0. The van der Waals surface area contributed by atoms with Gasteiger partial charge in [0, 0.05) is 19.3 Å². The molecule has 0 aliphatic carbocycles. The summed E-state index contributed by atoms with van der Waals surface area (Å²) in [6.07, 6.45) is 2.98. The normalized spacial score (nSPS) is 15.4. The van der Waals surface area contributed by atoms with Crippen LogP contribution in [-0.4, -0.2) is 34.8 Å². The minimum Gasteiger partial charge on any atom is -0.459 e. The highest BCUT2D eigenvalue weighted by Crippen LogP contribution is 2.22. The molecular weight excluding hydrogens is 312 g/mol. The zero-order chi connectivity index (χ0) is 16.1. The van der Waals surface area contributed by atoms with E-state index < -0.39 is 0 Å². The number of pyridine rings is 1. The van der Waals surface area contributed by atoms with E-state index in [1.807, 2.05) is 40.6 Å². The van der Waals surface area contributed by atoms with E-state index in [1.54, 1.807) is 6.20 Å². The van der Waals surface area contributed by atoms with Gasteiger partial charge in [-0.1, -0.05) is 12.1 Å². The fraction of sp³-hybridized carbons (Fsp3) is 0.353. The van der Waals surface area contributed by atoms with Crippen molar-refractivity contribution >= 4 is 23.2 Å². The summed E-state index contributed by atoms with van der Waals surface area (Å²) in [4.78, 5) is 31.1. The molecule has 23 heavy (non-hydrogen) atoms. The third-order valence-electron chi connectivity index (χ3n) is 3.94. The second kappa shape index (κ2) is 7.37. The SMILES string of the molecule is O=C(OCc1ccccn1)C1CCN(C(=O)c2cccs2)CC1. The van der Waals surface area contributed by atoms with Crippen LogP contribution in [0.1, 0.15) is 28.2 Å². The maximum Gasteiger partial charge on any atom is 0.309 e. The average Bonchev–Trinajstić information content (AvgIpc) is 3.15. The van der Waals surface area contributed by atoms with Crippen molar-refractivity contribution in [2.45, 2.75) is 19.4 Å². The molecule has 2 aromatic heterocycles. The van der Waals surface area contributed by atoms with Crippen molar-refractivity contribution in [2.24, 2.45) is 5.92 Å². The Morgan fingerprint density at radius 3 is 2.70 bits per heavy atom. The van der Waals surface area contributed by atoms with E-state index in [0.717, 1.165) is 10.6 Å². The summed E-state index contributed by atoms with van der Waals surface area (Å²) in [5.41, 5.74) is 0.742. The number of hydrogen-bond acceptors (Lipinski definition) is 5. The van der Waals surface area contributed by atoms with Crippen LogP contribution in [0.2, 0.25) is 0 Å². The third-order valence-corrected chi connectivity index (χ3v) is 4.79. The van der Waals surface area contributed by atoms with Crippen LogP contribution >= 0.6 is 11.3 Å². The van der Waals surface area contributed by atoms with Crippen LogP contribution in [-0.2, 0) is 16.1 Å². The molecule has 1 fully saturated rings. The molecule has 3 rings (SSSR count). The highest BCUT2D eigenvalue weighted by molar-refractivity contribution is 7.12. The number of esters is 1.